The largest absolute Gasteiger partial charge is 1.00 e. The molecule has 0 atom stereocenters. The quantitative estimate of drug-likeness (QED) is 0.288. The molecule has 0 saturated carbocycles. The van der Waals surface area contributed by atoms with Gasteiger partial charge in [-0.25, -0.2) is 0 Å². The zero-order valence-corrected chi connectivity index (χ0v) is 9.93. The molecule has 0 aromatic rings. The molecule has 0 aliphatic carbocycles. The van der Waals surface area contributed by atoms with Crippen LogP contribution < -0.4 is 64.2 Å². The first-order valence-electron chi connectivity index (χ1n) is 1.92. The monoisotopic (exact) mass is 147 g/mol. The van der Waals surface area contributed by atoms with E-state index in [2.05, 4.69) is 0 Å². The molecule has 0 radical (unpaired) electrons. The summed E-state index contributed by atoms with van der Waals surface area (Å²) in [6.07, 6.45) is 0.0162. The van der Waals surface area contributed by atoms with Crippen LogP contribution in [0.4, 0.5) is 0 Å². The van der Waals surface area contributed by atoms with Crippen LogP contribution in [0.2, 0.25) is 0 Å². The fourth-order valence-electron chi connectivity index (χ4n) is 0.144. The number of rotatable bonds is 2. The minimum Gasteiger partial charge on any atom is -0.542 e. The molecule has 3 nitrogen and oxygen atoms in total. The summed E-state index contributed by atoms with van der Waals surface area (Å²) in [4.78, 5) is 19.3. The number of hydrogen-bond acceptors (Lipinski definition) is 3. The second kappa shape index (κ2) is 9.14. The second-order valence-corrected chi connectivity index (χ2v) is 1.06. The SMILES string of the molecule is CCC(=O)C(=O)[O-].[Na+].[Na+]. The Morgan fingerprint density at radius 3 is 1.67 bits per heavy atom. The molecule has 0 aromatic carbocycles. The molecule has 0 aliphatic heterocycles. The van der Waals surface area contributed by atoms with E-state index < -0.39 is 11.8 Å². The summed E-state index contributed by atoms with van der Waals surface area (Å²) in [5.74, 6) is -2.44. The first-order chi connectivity index (χ1) is 3.18. The average Bonchev–Trinajstić information content (AvgIpc) is 1.65. The Labute approximate surface area is 97.8 Å². The molecule has 0 bridgehead atoms. The van der Waals surface area contributed by atoms with Crippen molar-refractivity contribution in [3.05, 3.63) is 0 Å². The van der Waals surface area contributed by atoms with Crippen LogP contribution in [0.5, 0.6) is 0 Å². The number of ketones is 1. The summed E-state index contributed by atoms with van der Waals surface area (Å²) in [5, 5.41) is 9.47. The summed E-state index contributed by atoms with van der Waals surface area (Å²) in [6, 6.07) is 0. The molecule has 0 rings (SSSR count). The fourth-order valence-corrected chi connectivity index (χ4v) is 0.144. The number of carbonyl (C=O) groups is 2. The molecule has 0 spiro atoms. The third kappa shape index (κ3) is 9.14. The average molecular weight is 147 g/mol. The van der Waals surface area contributed by atoms with Crippen molar-refractivity contribution in [2.45, 2.75) is 13.3 Å². The number of hydrogen-bond donors (Lipinski definition) is 0. The Morgan fingerprint density at radius 2 is 1.67 bits per heavy atom. The van der Waals surface area contributed by atoms with Crippen molar-refractivity contribution in [1.82, 2.24) is 0 Å². The third-order valence-corrected chi connectivity index (χ3v) is 0.549. The van der Waals surface area contributed by atoms with E-state index in [1.54, 1.807) is 0 Å². The van der Waals surface area contributed by atoms with Gasteiger partial charge in [-0.3, -0.25) is 4.79 Å². The molecule has 40 valence electrons. The van der Waals surface area contributed by atoms with Crippen LogP contribution in [0.3, 0.4) is 0 Å². The van der Waals surface area contributed by atoms with Gasteiger partial charge in [0.25, 0.3) is 0 Å². The van der Waals surface area contributed by atoms with E-state index in [0.717, 1.165) is 0 Å². The number of carbonyl (C=O) groups excluding carboxylic acids is 2. The number of Topliss-reactive ketones (excluding diaryl/α,β-unsaturated/α-hetero) is 1. The molecule has 0 amide bonds. The first-order valence-corrected chi connectivity index (χ1v) is 1.92. The van der Waals surface area contributed by atoms with Gasteiger partial charge in [0.15, 0.2) is 5.78 Å². The predicted molar refractivity (Wildman–Crippen MR) is 20.3 cm³/mol. The van der Waals surface area contributed by atoms with Crippen molar-refractivity contribution < 1.29 is 73.8 Å². The topological polar surface area (TPSA) is 57.2 Å². The molecule has 0 unspecified atom stereocenters. The van der Waals surface area contributed by atoms with Crippen LogP contribution >= 0.6 is 0 Å². The Morgan fingerprint density at radius 1 is 1.33 bits per heavy atom. The number of carboxylic acid groups (broad SMARTS) is 1. The maximum atomic E-state index is 9.85. The Bertz CT molecular complexity index is 102. The van der Waals surface area contributed by atoms with Crippen molar-refractivity contribution in [2.24, 2.45) is 0 Å². The van der Waals surface area contributed by atoms with Gasteiger partial charge >= 0.3 is 59.1 Å². The van der Waals surface area contributed by atoms with Gasteiger partial charge < -0.3 is 9.90 Å². The van der Waals surface area contributed by atoms with Crippen molar-refractivity contribution in [3.8, 4) is 0 Å². The minimum absolute atomic E-state index is 0. The van der Waals surface area contributed by atoms with Crippen LogP contribution in [0.25, 0.3) is 0 Å². The Hall–Kier alpha value is 1.14. The molecule has 5 heteroatoms. The zero-order valence-electron chi connectivity index (χ0n) is 5.93. The van der Waals surface area contributed by atoms with Crippen LogP contribution in [-0.4, -0.2) is 11.8 Å². The first kappa shape index (κ1) is 16.6. The third-order valence-electron chi connectivity index (χ3n) is 0.549. The van der Waals surface area contributed by atoms with Gasteiger partial charge in [0.1, 0.15) is 5.97 Å². The smallest absolute Gasteiger partial charge is 0.542 e. The van der Waals surface area contributed by atoms with Gasteiger partial charge in [-0.2, -0.15) is 0 Å². The fraction of sp³-hybridized carbons (Fsp3) is 0.500. The predicted octanol–water partition coefficient (Wildman–Crippen LogP) is -7.28. The molecule has 0 N–H and O–H groups in total. The summed E-state index contributed by atoms with van der Waals surface area (Å²) < 4.78 is 0. The minimum atomic E-state index is -1.59. The van der Waals surface area contributed by atoms with Crippen LogP contribution in [0.1, 0.15) is 13.3 Å². The number of carboxylic acids is 1. The maximum Gasteiger partial charge on any atom is 1.00 e. The standard InChI is InChI=1S/C4H6O3.2Na/c1-2-3(5)4(6)7;;/h2H2,1H3,(H,6,7);;/q;2*+1/p-1. The molecular formula is C4H5Na2O3+. The molecular weight excluding hydrogens is 142 g/mol. The normalized spacial score (nSPS) is 6.33. The summed E-state index contributed by atoms with van der Waals surface area (Å²) >= 11 is 0. The zero-order chi connectivity index (χ0) is 5.86. The van der Waals surface area contributed by atoms with Crippen molar-refractivity contribution in [3.63, 3.8) is 0 Å². The summed E-state index contributed by atoms with van der Waals surface area (Å²) in [7, 11) is 0. The molecule has 0 saturated heterocycles. The van der Waals surface area contributed by atoms with E-state index in [4.69, 9.17) is 0 Å². The van der Waals surface area contributed by atoms with Crippen molar-refractivity contribution in [1.29, 1.82) is 0 Å². The van der Waals surface area contributed by atoms with Gasteiger partial charge in [0, 0.05) is 6.42 Å². The summed E-state index contributed by atoms with van der Waals surface area (Å²) in [6.45, 7) is 1.47. The molecule has 9 heavy (non-hydrogen) atoms. The molecule has 0 heterocycles. The van der Waals surface area contributed by atoms with Gasteiger partial charge in [-0.15, -0.1) is 0 Å². The van der Waals surface area contributed by atoms with Gasteiger partial charge in [0.2, 0.25) is 0 Å². The van der Waals surface area contributed by atoms with E-state index >= 15 is 0 Å². The number of aliphatic carboxylic acids is 1. The molecule has 0 aliphatic rings. The van der Waals surface area contributed by atoms with E-state index in [-0.39, 0.29) is 65.5 Å². The maximum absolute atomic E-state index is 9.85. The van der Waals surface area contributed by atoms with E-state index in [1.807, 2.05) is 0 Å². The van der Waals surface area contributed by atoms with E-state index in [9.17, 15) is 14.7 Å². The van der Waals surface area contributed by atoms with Crippen molar-refractivity contribution >= 4 is 11.8 Å². The van der Waals surface area contributed by atoms with E-state index in [0.29, 0.717) is 0 Å². The van der Waals surface area contributed by atoms with Gasteiger partial charge in [0.05, 0.1) is 0 Å². The van der Waals surface area contributed by atoms with Crippen LogP contribution in [0.15, 0.2) is 0 Å². The van der Waals surface area contributed by atoms with Crippen LogP contribution in [0, 0.1) is 0 Å². The summed E-state index contributed by atoms with van der Waals surface area (Å²) in [5.41, 5.74) is 0. The molecule has 0 fully saturated rings. The van der Waals surface area contributed by atoms with Crippen molar-refractivity contribution in [2.75, 3.05) is 0 Å². The van der Waals surface area contributed by atoms with Gasteiger partial charge in [-0.05, 0) is 0 Å². The Balaban J connectivity index is -0.000000180. The van der Waals surface area contributed by atoms with Gasteiger partial charge in [-0.1, -0.05) is 6.92 Å². The molecule has 0 aromatic heterocycles. The Kier molecular flexibility index (Phi) is 16.9. The van der Waals surface area contributed by atoms with Crippen LogP contribution in [-0.2, 0) is 9.59 Å². The second-order valence-electron chi connectivity index (χ2n) is 1.06. The van der Waals surface area contributed by atoms with E-state index in [1.165, 1.54) is 6.92 Å².